The molecule has 1 N–H and O–H groups in total. The Balaban J connectivity index is 1.31. The van der Waals surface area contributed by atoms with Gasteiger partial charge in [-0.15, -0.1) is 11.3 Å². The van der Waals surface area contributed by atoms with Gasteiger partial charge in [-0.1, -0.05) is 35.5 Å². The van der Waals surface area contributed by atoms with Gasteiger partial charge in [0.2, 0.25) is 0 Å². The summed E-state index contributed by atoms with van der Waals surface area (Å²) in [5, 5.41) is 9.18. The summed E-state index contributed by atoms with van der Waals surface area (Å²) in [6.45, 7) is 7.34. The van der Waals surface area contributed by atoms with Crippen LogP contribution in [-0.2, 0) is 25.9 Å². The molecule has 1 aliphatic rings. The van der Waals surface area contributed by atoms with Crippen molar-refractivity contribution in [1.29, 1.82) is 0 Å². The number of hydrogen-bond donors (Lipinski definition) is 1. The topological polar surface area (TPSA) is 58.4 Å². The molecule has 0 aliphatic carbocycles. The molecular weight excluding hydrogens is 382 g/mol. The molecule has 29 heavy (non-hydrogen) atoms. The molecule has 1 aromatic carbocycles. The highest BCUT2D eigenvalue weighted by atomic mass is 32.1. The maximum absolute atomic E-state index is 12.7. The first-order valence-electron chi connectivity index (χ1n) is 10.2. The quantitative estimate of drug-likeness (QED) is 0.592. The lowest BCUT2D eigenvalue weighted by Gasteiger charge is -2.27. The molecule has 4 rings (SSSR count). The standard InChI is InChI=1S/C23H27N3O2S/c1-16-20(17(2)28-25-16)13-26-12-10-19-21(15-29-22(19)14-26)23(27)24-11-6-9-18-7-4-3-5-8-18/h3-5,7-8,15H,6,9-14H2,1-2H3,(H,24,27). The van der Waals surface area contributed by atoms with Crippen LogP contribution in [-0.4, -0.2) is 29.1 Å². The fourth-order valence-corrected chi connectivity index (χ4v) is 5.01. The summed E-state index contributed by atoms with van der Waals surface area (Å²) in [7, 11) is 0. The van der Waals surface area contributed by atoms with Gasteiger partial charge in [-0.05, 0) is 44.2 Å². The highest BCUT2D eigenvalue weighted by molar-refractivity contribution is 7.10. The van der Waals surface area contributed by atoms with E-state index in [2.05, 4.69) is 39.6 Å². The SMILES string of the molecule is Cc1noc(C)c1CN1CCc2c(C(=O)NCCCc3ccccc3)csc2C1. The van der Waals surface area contributed by atoms with Gasteiger partial charge in [0.1, 0.15) is 5.76 Å². The van der Waals surface area contributed by atoms with Crippen LogP contribution >= 0.6 is 11.3 Å². The zero-order chi connectivity index (χ0) is 20.2. The number of carbonyl (C=O) groups is 1. The number of fused-ring (bicyclic) bond motifs is 1. The lowest BCUT2D eigenvalue weighted by atomic mass is 10.0. The van der Waals surface area contributed by atoms with Crippen LogP contribution in [0.5, 0.6) is 0 Å². The number of amides is 1. The molecule has 0 spiro atoms. The minimum Gasteiger partial charge on any atom is -0.361 e. The average molecular weight is 410 g/mol. The van der Waals surface area contributed by atoms with Crippen molar-refractivity contribution in [3.8, 4) is 0 Å². The molecule has 3 heterocycles. The van der Waals surface area contributed by atoms with E-state index in [1.54, 1.807) is 11.3 Å². The molecule has 0 radical (unpaired) electrons. The van der Waals surface area contributed by atoms with Crippen LogP contribution in [0.3, 0.4) is 0 Å². The minimum atomic E-state index is 0.0646. The molecule has 0 bridgehead atoms. The maximum atomic E-state index is 12.7. The second kappa shape index (κ2) is 8.93. The number of rotatable bonds is 7. The lowest BCUT2D eigenvalue weighted by molar-refractivity contribution is 0.0952. The third kappa shape index (κ3) is 4.60. The first-order chi connectivity index (χ1) is 14.1. The number of aromatic nitrogens is 1. The number of hydrogen-bond acceptors (Lipinski definition) is 5. The normalized spacial score (nSPS) is 14.0. The van der Waals surface area contributed by atoms with Crippen LogP contribution in [0.1, 0.15) is 49.8 Å². The Morgan fingerprint density at radius 2 is 2.10 bits per heavy atom. The first-order valence-corrected chi connectivity index (χ1v) is 11.0. The predicted molar refractivity (Wildman–Crippen MR) is 115 cm³/mol. The lowest BCUT2D eigenvalue weighted by Crippen LogP contribution is -2.31. The fraction of sp³-hybridized carbons (Fsp3) is 0.391. The molecule has 0 fully saturated rings. The number of thiophene rings is 1. The van der Waals surface area contributed by atoms with Crippen molar-refractivity contribution in [2.24, 2.45) is 0 Å². The van der Waals surface area contributed by atoms with Gasteiger partial charge in [0.25, 0.3) is 5.91 Å². The van der Waals surface area contributed by atoms with Crippen LogP contribution in [0.4, 0.5) is 0 Å². The van der Waals surface area contributed by atoms with Crippen LogP contribution in [0.2, 0.25) is 0 Å². The van der Waals surface area contributed by atoms with Gasteiger partial charge < -0.3 is 9.84 Å². The van der Waals surface area contributed by atoms with E-state index in [4.69, 9.17) is 4.52 Å². The van der Waals surface area contributed by atoms with Crippen LogP contribution in [0.15, 0.2) is 40.2 Å². The zero-order valence-corrected chi connectivity index (χ0v) is 17.8. The van der Waals surface area contributed by atoms with E-state index in [0.717, 1.165) is 55.9 Å². The van der Waals surface area contributed by atoms with Crippen LogP contribution in [0, 0.1) is 13.8 Å². The van der Waals surface area contributed by atoms with Crippen LogP contribution in [0.25, 0.3) is 0 Å². The van der Waals surface area contributed by atoms with E-state index in [9.17, 15) is 4.79 Å². The Morgan fingerprint density at radius 3 is 2.86 bits per heavy atom. The average Bonchev–Trinajstić information content (AvgIpc) is 3.30. The summed E-state index contributed by atoms with van der Waals surface area (Å²) in [6, 6.07) is 10.4. The Morgan fingerprint density at radius 1 is 1.28 bits per heavy atom. The third-order valence-corrected chi connectivity index (χ3v) is 6.62. The summed E-state index contributed by atoms with van der Waals surface area (Å²) in [4.78, 5) is 16.4. The molecule has 1 aliphatic heterocycles. The molecule has 6 heteroatoms. The van der Waals surface area contributed by atoms with Crippen molar-refractivity contribution in [1.82, 2.24) is 15.4 Å². The summed E-state index contributed by atoms with van der Waals surface area (Å²) in [6.07, 6.45) is 2.85. The second-order valence-electron chi connectivity index (χ2n) is 7.66. The van der Waals surface area contributed by atoms with E-state index in [1.807, 2.05) is 25.3 Å². The molecule has 0 saturated heterocycles. The molecular formula is C23H27N3O2S. The highest BCUT2D eigenvalue weighted by Crippen LogP contribution is 2.30. The summed E-state index contributed by atoms with van der Waals surface area (Å²) < 4.78 is 5.29. The molecule has 152 valence electrons. The van der Waals surface area contributed by atoms with E-state index in [-0.39, 0.29) is 5.91 Å². The molecule has 0 saturated carbocycles. The molecule has 3 aromatic rings. The first kappa shape index (κ1) is 19.9. The van der Waals surface area contributed by atoms with E-state index in [1.165, 1.54) is 21.6 Å². The van der Waals surface area contributed by atoms with Crippen molar-refractivity contribution < 1.29 is 9.32 Å². The van der Waals surface area contributed by atoms with Gasteiger partial charge in [-0.2, -0.15) is 0 Å². The molecule has 5 nitrogen and oxygen atoms in total. The maximum Gasteiger partial charge on any atom is 0.252 e. The molecule has 1 amide bonds. The molecule has 0 unspecified atom stereocenters. The fourth-order valence-electron chi connectivity index (χ4n) is 3.89. The van der Waals surface area contributed by atoms with E-state index >= 15 is 0 Å². The molecule has 2 aromatic heterocycles. The van der Waals surface area contributed by atoms with E-state index in [0.29, 0.717) is 6.54 Å². The van der Waals surface area contributed by atoms with Gasteiger partial charge in [0.05, 0.1) is 11.3 Å². The van der Waals surface area contributed by atoms with Crippen molar-refractivity contribution in [2.75, 3.05) is 13.1 Å². The van der Waals surface area contributed by atoms with Gasteiger partial charge in [0.15, 0.2) is 0 Å². The second-order valence-corrected chi connectivity index (χ2v) is 8.62. The Hall–Kier alpha value is -2.44. The summed E-state index contributed by atoms with van der Waals surface area (Å²) in [5.74, 6) is 0.963. The van der Waals surface area contributed by atoms with Crippen molar-refractivity contribution >= 4 is 17.2 Å². The number of nitrogens with one attached hydrogen (secondary N) is 1. The zero-order valence-electron chi connectivity index (χ0n) is 17.0. The summed E-state index contributed by atoms with van der Waals surface area (Å²) in [5.41, 5.74) is 5.55. The monoisotopic (exact) mass is 409 g/mol. The third-order valence-electron chi connectivity index (χ3n) is 5.60. The number of benzene rings is 1. The van der Waals surface area contributed by atoms with Crippen molar-refractivity contribution in [3.05, 3.63) is 74.3 Å². The molecule has 0 atom stereocenters. The van der Waals surface area contributed by atoms with Gasteiger partial charge in [-0.25, -0.2) is 0 Å². The number of carbonyl (C=O) groups excluding carboxylic acids is 1. The number of aryl methyl sites for hydroxylation is 3. The smallest absolute Gasteiger partial charge is 0.252 e. The summed E-state index contributed by atoms with van der Waals surface area (Å²) >= 11 is 1.70. The predicted octanol–water partition coefficient (Wildman–Crippen LogP) is 4.27. The van der Waals surface area contributed by atoms with Crippen LogP contribution < -0.4 is 5.32 Å². The van der Waals surface area contributed by atoms with E-state index < -0.39 is 0 Å². The highest BCUT2D eigenvalue weighted by Gasteiger charge is 2.25. The van der Waals surface area contributed by atoms with Gasteiger partial charge in [0, 0.05) is 42.0 Å². The van der Waals surface area contributed by atoms with Crippen molar-refractivity contribution in [3.63, 3.8) is 0 Å². The van der Waals surface area contributed by atoms with Gasteiger partial charge in [-0.3, -0.25) is 9.69 Å². The van der Waals surface area contributed by atoms with Crippen molar-refractivity contribution in [2.45, 2.75) is 46.2 Å². The minimum absolute atomic E-state index is 0.0646. The Kier molecular flexibility index (Phi) is 6.11. The Labute approximate surface area is 175 Å². The Bertz CT molecular complexity index is 958. The van der Waals surface area contributed by atoms with Gasteiger partial charge >= 0.3 is 0 Å². The largest absolute Gasteiger partial charge is 0.361 e. The number of nitrogens with zero attached hydrogens (tertiary/aromatic N) is 2.